The normalized spacial score (nSPS) is 13.3. The third kappa shape index (κ3) is 5.06. The van der Waals surface area contributed by atoms with Crippen LogP contribution < -0.4 is 10.1 Å². The quantitative estimate of drug-likeness (QED) is 0.821. The maximum absolute atomic E-state index is 11.1. The number of rotatable bonds is 7. The molecule has 1 rings (SSSR count). The highest BCUT2D eigenvalue weighted by atomic mass is 32.2. The SMILES string of the molecule is CCC(NCCS(C)(=O)=O)c1ccc(OC)cc1. The standard InChI is InChI=1S/C13H21NO3S/c1-4-13(14-9-10-18(3,15)16)11-5-7-12(17-2)8-6-11/h5-8,13-14H,4,9-10H2,1-3H3. The molecule has 1 N–H and O–H groups in total. The Kier molecular flexibility index (Phi) is 5.62. The zero-order valence-electron chi connectivity index (χ0n) is 11.1. The summed E-state index contributed by atoms with van der Waals surface area (Å²) in [4.78, 5) is 0. The van der Waals surface area contributed by atoms with Crippen LogP contribution in [0.3, 0.4) is 0 Å². The van der Waals surface area contributed by atoms with E-state index in [0.717, 1.165) is 17.7 Å². The lowest BCUT2D eigenvalue weighted by molar-refractivity contribution is 0.414. The van der Waals surface area contributed by atoms with Crippen molar-refractivity contribution in [1.82, 2.24) is 5.32 Å². The van der Waals surface area contributed by atoms with Crippen molar-refractivity contribution in [2.24, 2.45) is 0 Å². The van der Waals surface area contributed by atoms with Gasteiger partial charge in [-0.25, -0.2) is 8.42 Å². The maximum Gasteiger partial charge on any atom is 0.148 e. The van der Waals surface area contributed by atoms with Crippen molar-refractivity contribution in [1.29, 1.82) is 0 Å². The van der Waals surface area contributed by atoms with Gasteiger partial charge in [0.2, 0.25) is 0 Å². The lowest BCUT2D eigenvalue weighted by Crippen LogP contribution is -2.26. The molecule has 0 heterocycles. The summed E-state index contributed by atoms with van der Waals surface area (Å²) in [7, 11) is -1.27. The lowest BCUT2D eigenvalue weighted by Gasteiger charge is -2.17. The predicted molar refractivity (Wildman–Crippen MR) is 73.7 cm³/mol. The molecule has 0 saturated carbocycles. The molecule has 0 aromatic heterocycles. The summed E-state index contributed by atoms with van der Waals surface area (Å²) in [5.41, 5.74) is 1.15. The summed E-state index contributed by atoms with van der Waals surface area (Å²) in [6, 6.07) is 8.01. The van der Waals surface area contributed by atoms with Gasteiger partial charge in [-0.1, -0.05) is 19.1 Å². The highest BCUT2D eigenvalue weighted by Gasteiger charge is 2.10. The Bertz CT molecular complexity index is 454. The first-order valence-corrected chi connectivity index (χ1v) is 8.07. The molecule has 0 amide bonds. The van der Waals surface area contributed by atoms with Gasteiger partial charge < -0.3 is 10.1 Å². The molecule has 1 unspecified atom stereocenters. The highest BCUT2D eigenvalue weighted by Crippen LogP contribution is 2.19. The van der Waals surface area contributed by atoms with Gasteiger partial charge in [-0.2, -0.15) is 0 Å². The van der Waals surface area contributed by atoms with Crippen LogP contribution in [0.2, 0.25) is 0 Å². The molecular formula is C13H21NO3S. The van der Waals surface area contributed by atoms with Crippen molar-refractivity contribution in [3.05, 3.63) is 29.8 Å². The van der Waals surface area contributed by atoms with Crippen molar-refractivity contribution in [3.63, 3.8) is 0 Å². The second-order valence-electron chi connectivity index (χ2n) is 4.32. The average Bonchev–Trinajstić information content (AvgIpc) is 2.34. The van der Waals surface area contributed by atoms with E-state index < -0.39 is 9.84 Å². The van der Waals surface area contributed by atoms with E-state index in [-0.39, 0.29) is 11.8 Å². The summed E-state index contributed by atoms with van der Waals surface area (Å²) < 4.78 is 27.2. The van der Waals surface area contributed by atoms with E-state index in [1.807, 2.05) is 24.3 Å². The Balaban J connectivity index is 2.59. The second kappa shape index (κ2) is 6.75. The van der Waals surface area contributed by atoms with Gasteiger partial charge >= 0.3 is 0 Å². The first kappa shape index (κ1) is 15.0. The Morgan fingerprint density at radius 1 is 1.28 bits per heavy atom. The molecule has 1 atom stereocenters. The van der Waals surface area contributed by atoms with E-state index in [2.05, 4.69) is 12.2 Å². The van der Waals surface area contributed by atoms with Crippen molar-refractivity contribution in [2.45, 2.75) is 19.4 Å². The zero-order chi connectivity index (χ0) is 13.6. The number of benzene rings is 1. The fourth-order valence-electron chi connectivity index (χ4n) is 1.75. The minimum absolute atomic E-state index is 0.166. The molecule has 0 bridgehead atoms. The van der Waals surface area contributed by atoms with E-state index in [0.29, 0.717) is 6.54 Å². The molecule has 0 fully saturated rings. The molecule has 0 aliphatic carbocycles. The Morgan fingerprint density at radius 3 is 2.33 bits per heavy atom. The van der Waals surface area contributed by atoms with Crippen LogP contribution in [0.5, 0.6) is 5.75 Å². The third-order valence-electron chi connectivity index (χ3n) is 2.79. The summed E-state index contributed by atoms with van der Waals surface area (Å²) >= 11 is 0. The topological polar surface area (TPSA) is 55.4 Å². The van der Waals surface area contributed by atoms with Crippen LogP contribution in [-0.2, 0) is 9.84 Å². The van der Waals surface area contributed by atoms with E-state index in [1.165, 1.54) is 6.26 Å². The number of sulfone groups is 1. The van der Waals surface area contributed by atoms with Gasteiger partial charge in [0.05, 0.1) is 12.9 Å². The van der Waals surface area contributed by atoms with Crippen LogP contribution in [0.4, 0.5) is 0 Å². The molecule has 1 aromatic rings. The highest BCUT2D eigenvalue weighted by molar-refractivity contribution is 7.90. The van der Waals surface area contributed by atoms with Crippen LogP contribution >= 0.6 is 0 Å². The lowest BCUT2D eigenvalue weighted by atomic mass is 10.0. The molecule has 0 saturated heterocycles. The van der Waals surface area contributed by atoms with Gasteiger partial charge in [0.1, 0.15) is 15.6 Å². The zero-order valence-corrected chi connectivity index (χ0v) is 12.0. The summed E-state index contributed by atoms with van der Waals surface area (Å²) in [6.07, 6.45) is 2.17. The van der Waals surface area contributed by atoms with Crippen LogP contribution in [0, 0.1) is 0 Å². The molecule has 5 heteroatoms. The largest absolute Gasteiger partial charge is 0.497 e. The fourth-order valence-corrected chi connectivity index (χ4v) is 2.24. The maximum atomic E-state index is 11.1. The smallest absolute Gasteiger partial charge is 0.148 e. The number of hydrogen-bond acceptors (Lipinski definition) is 4. The third-order valence-corrected chi connectivity index (χ3v) is 3.74. The number of hydrogen-bond donors (Lipinski definition) is 1. The van der Waals surface area contributed by atoms with E-state index in [1.54, 1.807) is 7.11 Å². The van der Waals surface area contributed by atoms with Gasteiger partial charge in [-0.05, 0) is 24.1 Å². The van der Waals surface area contributed by atoms with Crippen molar-refractivity contribution in [2.75, 3.05) is 25.7 Å². The van der Waals surface area contributed by atoms with Gasteiger partial charge in [-0.3, -0.25) is 0 Å². The average molecular weight is 271 g/mol. The summed E-state index contributed by atoms with van der Waals surface area (Å²) in [5.74, 6) is 0.990. The van der Waals surface area contributed by atoms with Gasteiger partial charge in [0, 0.05) is 18.8 Å². The monoisotopic (exact) mass is 271 g/mol. The van der Waals surface area contributed by atoms with E-state index >= 15 is 0 Å². The van der Waals surface area contributed by atoms with Crippen molar-refractivity contribution >= 4 is 9.84 Å². The minimum Gasteiger partial charge on any atom is -0.497 e. The summed E-state index contributed by atoms with van der Waals surface area (Å²) in [5, 5.41) is 3.26. The minimum atomic E-state index is -2.90. The Labute approximate surface area is 109 Å². The van der Waals surface area contributed by atoms with Crippen LogP contribution in [0.1, 0.15) is 24.9 Å². The molecule has 102 valence electrons. The van der Waals surface area contributed by atoms with E-state index in [4.69, 9.17) is 4.74 Å². The van der Waals surface area contributed by atoms with Crippen LogP contribution in [0.25, 0.3) is 0 Å². The fraction of sp³-hybridized carbons (Fsp3) is 0.538. The van der Waals surface area contributed by atoms with Gasteiger partial charge in [0.25, 0.3) is 0 Å². The van der Waals surface area contributed by atoms with Crippen LogP contribution in [0.15, 0.2) is 24.3 Å². The molecule has 4 nitrogen and oxygen atoms in total. The van der Waals surface area contributed by atoms with Crippen molar-refractivity contribution in [3.8, 4) is 5.75 Å². The predicted octanol–water partition coefficient (Wildman–Crippen LogP) is 1.78. The number of ether oxygens (including phenoxy) is 1. The van der Waals surface area contributed by atoms with Crippen molar-refractivity contribution < 1.29 is 13.2 Å². The summed E-state index contributed by atoms with van der Waals surface area (Å²) in [6.45, 7) is 2.55. The molecule has 1 aromatic carbocycles. The van der Waals surface area contributed by atoms with Gasteiger partial charge in [-0.15, -0.1) is 0 Å². The number of methoxy groups -OCH3 is 1. The molecule has 0 aliphatic rings. The molecular weight excluding hydrogens is 250 g/mol. The molecule has 18 heavy (non-hydrogen) atoms. The first-order valence-electron chi connectivity index (χ1n) is 6.01. The molecule has 0 spiro atoms. The first-order chi connectivity index (χ1) is 8.46. The van der Waals surface area contributed by atoms with Gasteiger partial charge in [0.15, 0.2) is 0 Å². The van der Waals surface area contributed by atoms with Crippen LogP contribution in [-0.4, -0.2) is 34.1 Å². The van der Waals surface area contributed by atoms with E-state index in [9.17, 15) is 8.42 Å². The molecule has 0 radical (unpaired) electrons. The molecule has 0 aliphatic heterocycles. The Morgan fingerprint density at radius 2 is 1.89 bits per heavy atom. The number of nitrogens with one attached hydrogen (secondary N) is 1. The second-order valence-corrected chi connectivity index (χ2v) is 6.58. The Hall–Kier alpha value is -1.07.